The molecule has 4 aromatic carbocycles. The van der Waals surface area contributed by atoms with Crippen molar-refractivity contribution >= 4 is 17.2 Å². The largest absolute Gasteiger partial charge is 0.463 e. The molecule has 2 aliphatic carbocycles. The lowest BCUT2D eigenvalue weighted by Gasteiger charge is -2.27. The highest BCUT2D eigenvalue weighted by Crippen LogP contribution is 2.48. The van der Waals surface area contributed by atoms with Gasteiger partial charge in [0.2, 0.25) is 0 Å². The molecule has 0 radical (unpaired) electrons. The molecular weight excluding hydrogens is 963 g/mol. The minimum atomic E-state index is -1.65. The Kier molecular flexibility index (Phi) is 30.0. The van der Waals surface area contributed by atoms with Gasteiger partial charge in [-0.25, -0.2) is 0 Å². The van der Waals surface area contributed by atoms with Gasteiger partial charge in [-0.2, -0.15) is 0 Å². The molecule has 0 amide bonds. The molecule has 8 heteroatoms. The van der Waals surface area contributed by atoms with Crippen LogP contribution >= 0.6 is 17.2 Å². The van der Waals surface area contributed by atoms with Crippen LogP contribution in [-0.4, -0.2) is 13.2 Å². The van der Waals surface area contributed by atoms with Crippen molar-refractivity contribution in [1.82, 2.24) is 0 Å². The van der Waals surface area contributed by atoms with E-state index in [2.05, 4.69) is 125 Å². The van der Waals surface area contributed by atoms with E-state index >= 15 is 0 Å². The number of rotatable bonds is 40. The van der Waals surface area contributed by atoms with Crippen LogP contribution in [0.2, 0.25) is 0 Å². The van der Waals surface area contributed by atoms with Gasteiger partial charge in [0, 0.05) is 5.41 Å². The Morgan fingerprint density at radius 2 is 0.667 bits per heavy atom. The Labute approximate surface area is 460 Å². The lowest BCUT2D eigenvalue weighted by atomic mass is 9.78. The smallest absolute Gasteiger partial charge is 0.418 e. The highest BCUT2D eigenvalue weighted by atomic mass is 31.2. The van der Waals surface area contributed by atoms with Crippen molar-refractivity contribution < 1.29 is 27.1 Å². The van der Waals surface area contributed by atoms with Crippen LogP contribution in [0.4, 0.5) is 0 Å². The van der Waals surface area contributed by atoms with Crippen LogP contribution in [-0.2, 0) is 14.5 Å². The van der Waals surface area contributed by atoms with Crippen molar-refractivity contribution in [3.63, 3.8) is 0 Å². The van der Waals surface area contributed by atoms with Crippen LogP contribution in [0.3, 0.4) is 0 Å². The predicted molar refractivity (Wildman–Crippen MR) is 320 cm³/mol. The molecule has 0 N–H and O–H groups in total. The van der Waals surface area contributed by atoms with Gasteiger partial charge in [0.15, 0.2) is 0 Å². The average Bonchev–Trinajstić information content (AvgIpc) is 3.44. The van der Waals surface area contributed by atoms with Crippen LogP contribution in [0.15, 0.2) is 97.1 Å². The summed E-state index contributed by atoms with van der Waals surface area (Å²) >= 11 is 0. The van der Waals surface area contributed by atoms with Gasteiger partial charge in [-0.15, -0.1) is 0 Å². The first-order valence-electron chi connectivity index (χ1n) is 30.9. The van der Waals surface area contributed by atoms with Crippen molar-refractivity contribution in [3.8, 4) is 23.0 Å². The Bertz CT molecular complexity index is 1900. The van der Waals surface area contributed by atoms with E-state index in [1.807, 2.05) is 0 Å². The fourth-order valence-corrected chi connectivity index (χ4v) is 13.4. The molecule has 0 bridgehead atoms. The molecule has 6 nitrogen and oxygen atoms in total. The molecule has 0 aromatic heterocycles. The second kappa shape index (κ2) is 36.9. The van der Waals surface area contributed by atoms with Gasteiger partial charge in [-0.3, -0.25) is 9.05 Å². The maximum atomic E-state index is 6.74. The maximum Gasteiger partial charge on any atom is 0.463 e. The fourth-order valence-electron chi connectivity index (χ4n) is 11.3. The molecule has 6 rings (SSSR count). The number of hydrogen-bond donors (Lipinski definition) is 0. The Hall–Kier alpha value is -3.14. The van der Waals surface area contributed by atoms with Crippen LogP contribution in [0.25, 0.3) is 0 Å². The molecular formula is C67H102O6P2. The normalized spacial score (nSPS) is 15.4. The summed E-state index contributed by atoms with van der Waals surface area (Å²) in [5.74, 6) is 4.38. The van der Waals surface area contributed by atoms with Crippen molar-refractivity contribution in [1.29, 1.82) is 0 Å². The van der Waals surface area contributed by atoms with Crippen LogP contribution in [0, 0.1) is 0 Å². The lowest BCUT2D eigenvalue weighted by molar-refractivity contribution is 0.256. The lowest BCUT2D eigenvalue weighted by Crippen LogP contribution is -2.18. The average molecular weight is 1070 g/mol. The summed E-state index contributed by atoms with van der Waals surface area (Å²) in [6.07, 6.45) is 44.2. The summed E-state index contributed by atoms with van der Waals surface area (Å²) < 4.78 is 39.8. The molecule has 2 unspecified atom stereocenters. The molecule has 4 aromatic rings. The zero-order valence-electron chi connectivity index (χ0n) is 47.7. The van der Waals surface area contributed by atoms with E-state index in [4.69, 9.17) is 27.1 Å². The second-order valence-electron chi connectivity index (χ2n) is 22.7. The number of benzene rings is 4. The molecule has 2 saturated carbocycles. The molecule has 2 fully saturated rings. The molecule has 2 aliphatic rings. The topological polar surface area (TPSA) is 55.4 Å². The highest BCUT2D eigenvalue weighted by Gasteiger charge is 2.28. The molecule has 75 heavy (non-hydrogen) atoms. The van der Waals surface area contributed by atoms with Gasteiger partial charge >= 0.3 is 17.2 Å². The maximum absolute atomic E-state index is 6.74. The van der Waals surface area contributed by atoms with Gasteiger partial charge in [-0.05, 0) is 109 Å². The van der Waals surface area contributed by atoms with Crippen molar-refractivity contribution in [2.24, 2.45) is 0 Å². The number of para-hydroxylation sites is 2. The molecule has 416 valence electrons. The van der Waals surface area contributed by atoms with Gasteiger partial charge in [0.05, 0.1) is 13.2 Å². The van der Waals surface area contributed by atoms with E-state index in [0.717, 1.165) is 35.8 Å². The molecule has 0 aliphatic heterocycles. The molecule has 0 saturated heterocycles. The summed E-state index contributed by atoms with van der Waals surface area (Å²) in [7, 11) is -3.30. The van der Waals surface area contributed by atoms with E-state index in [9.17, 15) is 0 Å². The summed E-state index contributed by atoms with van der Waals surface area (Å²) in [5, 5.41) is 0. The SMILES string of the molecule is CCCCCCCCCCCCCCOP(Oc1ccc(C(C)(C)c2ccc(OP(OCCCCCCCCCCCCCC)Oc3ccccc3C3CCCCC3)cc2)cc1)Oc1ccccc1C1CCCCC1. The van der Waals surface area contributed by atoms with E-state index in [-0.39, 0.29) is 5.41 Å². The Balaban J connectivity index is 1.03. The Morgan fingerprint density at radius 1 is 0.360 bits per heavy atom. The van der Waals surface area contributed by atoms with Gasteiger partial charge in [0.25, 0.3) is 0 Å². The quantitative estimate of drug-likeness (QED) is 0.0327. The summed E-state index contributed by atoms with van der Waals surface area (Å²) in [6, 6.07) is 34.2. The third kappa shape index (κ3) is 23.0. The first kappa shape index (κ1) is 61.1. The summed E-state index contributed by atoms with van der Waals surface area (Å²) in [4.78, 5) is 0. The number of hydrogen-bond acceptors (Lipinski definition) is 6. The van der Waals surface area contributed by atoms with Gasteiger partial charge in [-0.1, -0.05) is 268 Å². The van der Waals surface area contributed by atoms with Gasteiger partial charge in [0.1, 0.15) is 23.0 Å². The first-order valence-corrected chi connectivity index (χ1v) is 33.1. The van der Waals surface area contributed by atoms with E-state index in [1.165, 1.54) is 228 Å². The minimum Gasteiger partial charge on any atom is -0.418 e. The standard InChI is InChI=1S/C67H102O6P2/c1-5-7-9-11-13-15-17-19-21-23-25-37-55-68-74(72-65-45-35-33-43-63(65)57-39-29-27-30-40-57)70-61-51-47-59(48-52-61)67(3,4)60-49-53-62(54-50-60)71-75(69-56-38-26-24-22-20-18-16-14-12-10-8-6-2)73-66-46-36-34-44-64(66)58-41-31-28-32-42-58/h33-36,43-54,57-58H,5-32,37-42,55-56H2,1-4H3. The van der Waals surface area contributed by atoms with Crippen LogP contribution < -0.4 is 18.1 Å². The third-order valence-corrected chi connectivity index (χ3v) is 18.4. The van der Waals surface area contributed by atoms with Crippen LogP contribution in [0.1, 0.15) is 280 Å². The summed E-state index contributed by atoms with van der Waals surface area (Å²) in [5.41, 5.74) is 4.71. The van der Waals surface area contributed by atoms with Crippen molar-refractivity contribution in [3.05, 3.63) is 119 Å². The Morgan fingerprint density at radius 3 is 1.00 bits per heavy atom. The zero-order chi connectivity index (χ0) is 52.4. The van der Waals surface area contributed by atoms with Crippen molar-refractivity contribution in [2.45, 2.75) is 263 Å². The van der Waals surface area contributed by atoms with E-state index < -0.39 is 17.2 Å². The molecule has 0 heterocycles. The minimum absolute atomic E-state index is 0.270. The van der Waals surface area contributed by atoms with Crippen LogP contribution in [0.5, 0.6) is 23.0 Å². The molecule has 2 atom stereocenters. The molecule has 0 spiro atoms. The fraction of sp³-hybridized carbons (Fsp3) is 0.642. The first-order chi connectivity index (χ1) is 36.9. The second-order valence-corrected chi connectivity index (χ2v) is 24.8. The highest BCUT2D eigenvalue weighted by molar-refractivity contribution is 7.42. The van der Waals surface area contributed by atoms with Gasteiger partial charge < -0.3 is 18.1 Å². The zero-order valence-corrected chi connectivity index (χ0v) is 49.5. The van der Waals surface area contributed by atoms with E-state index in [0.29, 0.717) is 25.0 Å². The summed E-state index contributed by atoms with van der Waals surface area (Å²) in [6.45, 7) is 10.4. The third-order valence-electron chi connectivity index (χ3n) is 16.2. The number of unbranched alkanes of at least 4 members (excludes halogenated alkanes) is 22. The predicted octanol–water partition coefficient (Wildman–Crippen LogP) is 22.9. The monoisotopic (exact) mass is 1060 g/mol. The van der Waals surface area contributed by atoms with Crippen molar-refractivity contribution in [2.75, 3.05) is 13.2 Å². The van der Waals surface area contributed by atoms with E-state index in [1.54, 1.807) is 0 Å².